The molecule has 0 radical (unpaired) electrons. The lowest BCUT2D eigenvalue weighted by molar-refractivity contribution is 0.310. The van der Waals surface area contributed by atoms with Crippen molar-refractivity contribution < 1.29 is 4.52 Å². The summed E-state index contributed by atoms with van der Waals surface area (Å²) in [6.45, 7) is 5.70. The molecule has 0 saturated carbocycles. The van der Waals surface area contributed by atoms with Gasteiger partial charge in [0, 0.05) is 24.3 Å². The molecule has 0 aromatic carbocycles. The van der Waals surface area contributed by atoms with E-state index in [-0.39, 0.29) is 0 Å². The van der Waals surface area contributed by atoms with Gasteiger partial charge < -0.3 is 4.52 Å². The molecule has 0 atom stereocenters. The molecule has 5 heteroatoms. The van der Waals surface area contributed by atoms with Crippen molar-refractivity contribution in [1.29, 1.82) is 0 Å². The predicted molar refractivity (Wildman–Crippen MR) is 81.0 cm³/mol. The summed E-state index contributed by atoms with van der Waals surface area (Å²) in [5.74, 6) is 0.917. The van der Waals surface area contributed by atoms with Gasteiger partial charge in [0.25, 0.3) is 0 Å². The molecule has 2 aromatic rings. The van der Waals surface area contributed by atoms with Crippen molar-refractivity contribution in [3.63, 3.8) is 0 Å². The lowest BCUT2D eigenvalue weighted by Gasteiger charge is -2.16. The first-order valence-corrected chi connectivity index (χ1v) is 7.80. The Bertz CT molecular complexity index is 594. The van der Waals surface area contributed by atoms with Crippen LogP contribution in [-0.2, 0) is 25.9 Å². The van der Waals surface area contributed by atoms with E-state index in [0.717, 1.165) is 31.0 Å². The molecule has 5 nitrogen and oxygen atoms in total. The Morgan fingerprint density at radius 1 is 1.14 bits per heavy atom. The van der Waals surface area contributed by atoms with Crippen LogP contribution in [-0.4, -0.2) is 27.3 Å². The average molecular weight is 288 g/mol. The second kappa shape index (κ2) is 6.02. The van der Waals surface area contributed by atoms with E-state index >= 15 is 0 Å². The molecular weight excluding hydrogens is 264 g/mol. The van der Waals surface area contributed by atoms with Crippen LogP contribution in [0.25, 0.3) is 0 Å². The lowest BCUT2D eigenvalue weighted by atomic mass is 10.1. The number of aryl methyl sites for hydroxylation is 3. The lowest BCUT2D eigenvalue weighted by Crippen LogP contribution is -2.19. The molecule has 0 fully saturated rings. The quantitative estimate of drug-likeness (QED) is 0.879. The molecule has 2 aromatic heterocycles. The highest BCUT2D eigenvalue weighted by Gasteiger charge is 2.18. The molecule has 1 aliphatic rings. The first kappa shape index (κ1) is 14.3. The van der Waals surface area contributed by atoms with Crippen LogP contribution in [0.5, 0.6) is 0 Å². The number of fused-ring (bicyclic) bond motifs is 1. The summed E-state index contributed by atoms with van der Waals surface area (Å²) >= 11 is 0. The number of H-pyrrole nitrogens is 1. The van der Waals surface area contributed by atoms with Crippen LogP contribution in [0.4, 0.5) is 0 Å². The minimum absolute atomic E-state index is 0.850. The number of rotatable bonds is 4. The van der Waals surface area contributed by atoms with E-state index in [9.17, 15) is 0 Å². The Morgan fingerprint density at radius 2 is 1.95 bits per heavy atom. The largest absolute Gasteiger partial charge is 0.361 e. The molecular formula is C16H24N4O. The summed E-state index contributed by atoms with van der Waals surface area (Å²) in [4.78, 5) is 2.29. The highest BCUT2D eigenvalue weighted by molar-refractivity contribution is 5.27. The van der Waals surface area contributed by atoms with Crippen LogP contribution in [0.15, 0.2) is 4.52 Å². The summed E-state index contributed by atoms with van der Waals surface area (Å²) in [6.07, 6.45) is 6.21. The number of hydrogen-bond acceptors (Lipinski definition) is 4. The fraction of sp³-hybridized carbons (Fsp3) is 0.625. The molecule has 0 unspecified atom stereocenters. The number of hydrogen-bond donors (Lipinski definition) is 1. The first-order valence-electron chi connectivity index (χ1n) is 7.80. The fourth-order valence-corrected chi connectivity index (χ4v) is 3.17. The fourth-order valence-electron chi connectivity index (χ4n) is 3.17. The van der Waals surface area contributed by atoms with Crippen molar-refractivity contribution in [3.8, 4) is 0 Å². The topological polar surface area (TPSA) is 58.0 Å². The van der Waals surface area contributed by atoms with E-state index in [2.05, 4.69) is 27.3 Å². The smallest absolute Gasteiger partial charge is 0.138 e. The maximum Gasteiger partial charge on any atom is 0.138 e. The van der Waals surface area contributed by atoms with E-state index in [1.54, 1.807) is 0 Å². The SMILES string of the molecule is Cc1noc(C)c1CN(C)Cc1n[nH]c2c1CCCCC2. The van der Waals surface area contributed by atoms with Crippen LogP contribution in [0.3, 0.4) is 0 Å². The van der Waals surface area contributed by atoms with Gasteiger partial charge in [-0.1, -0.05) is 11.6 Å². The van der Waals surface area contributed by atoms with Crippen molar-refractivity contribution in [1.82, 2.24) is 20.3 Å². The van der Waals surface area contributed by atoms with Crippen molar-refractivity contribution >= 4 is 0 Å². The van der Waals surface area contributed by atoms with Crippen molar-refractivity contribution in [2.24, 2.45) is 0 Å². The van der Waals surface area contributed by atoms with Gasteiger partial charge in [0.05, 0.1) is 11.4 Å². The van der Waals surface area contributed by atoms with Crippen LogP contribution >= 0.6 is 0 Å². The highest BCUT2D eigenvalue weighted by Crippen LogP contribution is 2.23. The third-order valence-corrected chi connectivity index (χ3v) is 4.42. The third kappa shape index (κ3) is 3.02. The molecule has 21 heavy (non-hydrogen) atoms. The third-order valence-electron chi connectivity index (χ3n) is 4.42. The van der Waals surface area contributed by atoms with E-state index in [1.165, 1.54) is 48.2 Å². The van der Waals surface area contributed by atoms with Gasteiger partial charge in [-0.15, -0.1) is 0 Å². The molecule has 0 spiro atoms. The highest BCUT2D eigenvalue weighted by atomic mass is 16.5. The minimum atomic E-state index is 0.850. The monoisotopic (exact) mass is 288 g/mol. The van der Waals surface area contributed by atoms with E-state index in [1.807, 2.05) is 13.8 Å². The van der Waals surface area contributed by atoms with Crippen LogP contribution in [0.1, 0.15) is 53.2 Å². The Morgan fingerprint density at radius 3 is 2.71 bits per heavy atom. The van der Waals surface area contributed by atoms with Crippen molar-refractivity contribution in [3.05, 3.63) is 34.0 Å². The summed E-state index contributed by atoms with van der Waals surface area (Å²) in [5, 5.41) is 11.8. The number of aromatic amines is 1. The molecule has 0 amide bonds. The maximum atomic E-state index is 5.24. The first-order chi connectivity index (χ1) is 10.1. The van der Waals surface area contributed by atoms with E-state index in [4.69, 9.17) is 4.52 Å². The molecule has 0 aliphatic heterocycles. The molecule has 1 N–H and O–H groups in total. The van der Waals surface area contributed by atoms with Gasteiger partial charge in [-0.05, 0) is 52.1 Å². The average Bonchev–Trinajstić information content (AvgIpc) is 2.87. The molecule has 0 saturated heterocycles. The van der Waals surface area contributed by atoms with Crippen molar-refractivity contribution in [2.45, 2.75) is 59.0 Å². The van der Waals surface area contributed by atoms with Crippen LogP contribution in [0.2, 0.25) is 0 Å². The molecule has 3 rings (SSSR count). The van der Waals surface area contributed by atoms with Gasteiger partial charge in [-0.3, -0.25) is 10.00 Å². The zero-order valence-electron chi connectivity index (χ0n) is 13.2. The van der Waals surface area contributed by atoms with Gasteiger partial charge >= 0.3 is 0 Å². The van der Waals surface area contributed by atoms with Gasteiger partial charge in [0.1, 0.15) is 5.76 Å². The van der Waals surface area contributed by atoms with Gasteiger partial charge in [-0.25, -0.2) is 0 Å². The summed E-state index contributed by atoms with van der Waals surface area (Å²) in [5.41, 5.74) is 6.20. The Hall–Kier alpha value is -1.62. The van der Waals surface area contributed by atoms with Crippen molar-refractivity contribution in [2.75, 3.05) is 7.05 Å². The summed E-state index contributed by atoms with van der Waals surface area (Å²) in [6, 6.07) is 0. The molecule has 2 heterocycles. The summed E-state index contributed by atoms with van der Waals surface area (Å²) in [7, 11) is 2.13. The second-order valence-corrected chi connectivity index (χ2v) is 6.16. The standard InChI is InChI=1S/C16H24N4O/c1-11-14(12(2)21-19-11)9-20(3)10-16-13-7-5-4-6-8-15(13)17-18-16/h4-10H2,1-3H3,(H,17,18). The zero-order valence-corrected chi connectivity index (χ0v) is 13.2. The van der Waals surface area contributed by atoms with E-state index < -0.39 is 0 Å². The molecule has 1 aliphatic carbocycles. The zero-order chi connectivity index (χ0) is 14.8. The Labute approximate surface area is 125 Å². The maximum absolute atomic E-state index is 5.24. The Kier molecular flexibility index (Phi) is 4.10. The van der Waals surface area contributed by atoms with Gasteiger partial charge in [-0.2, -0.15) is 5.10 Å². The molecule has 0 bridgehead atoms. The van der Waals surface area contributed by atoms with E-state index in [0.29, 0.717) is 0 Å². The number of nitrogens with zero attached hydrogens (tertiary/aromatic N) is 3. The number of aromatic nitrogens is 3. The normalized spacial score (nSPS) is 15.2. The van der Waals surface area contributed by atoms with Gasteiger partial charge in [0.15, 0.2) is 0 Å². The summed E-state index contributed by atoms with van der Waals surface area (Å²) < 4.78 is 5.24. The van der Waals surface area contributed by atoms with Gasteiger partial charge in [0.2, 0.25) is 0 Å². The van der Waals surface area contributed by atoms with Crippen LogP contribution in [0, 0.1) is 13.8 Å². The Balaban J connectivity index is 1.70. The number of nitrogens with one attached hydrogen (secondary N) is 1. The van der Waals surface area contributed by atoms with Crippen LogP contribution < -0.4 is 0 Å². The second-order valence-electron chi connectivity index (χ2n) is 6.16. The molecule has 114 valence electrons. The predicted octanol–water partition coefficient (Wildman–Crippen LogP) is 2.92. The minimum Gasteiger partial charge on any atom is -0.361 e.